The van der Waals surface area contributed by atoms with Crippen LogP contribution in [0.25, 0.3) is 11.4 Å². The van der Waals surface area contributed by atoms with Crippen molar-refractivity contribution in [3.8, 4) is 11.4 Å². The first-order valence-electron chi connectivity index (χ1n) is 8.93. The molecule has 1 amide bonds. The van der Waals surface area contributed by atoms with Gasteiger partial charge in [-0.05, 0) is 48.5 Å². The highest BCUT2D eigenvalue weighted by molar-refractivity contribution is 7.99. The van der Waals surface area contributed by atoms with Crippen LogP contribution >= 0.6 is 23.4 Å². The minimum atomic E-state index is -0.429. The third-order valence-electron chi connectivity index (χ3n) is 4.05. The number of carbonyl (C=O) groups excluding carboxylic acids is 2. The van der Waals surface area contributed by atoms with E-state index in [2.05, 4.69) is 26.8 Å². The number of hydrogen-bond acceptors (Lipinski definition) is 6. The molecule has 2 aromatic carbocycles. The average molecular weight is 443 g/mol. The Balaban J connectivity index is 1.66. The molecule has 3 rings (SSSR count). The van der Waals surface area contributed by atoms with Gasteiger partial charge in [0.15, 0.2) is 11.0 Å². The smallest absolute Gasteiger partial charge is 0.337 e. The fourth-order valence-electron chi connectivity index (χ4n) is 2.64. The minimum absolute atomic E-state index is 0.147. The number of benzene rings is 2. The van der Waals surface area contributed by atoms with Gasteiger partial charge in [-0.15, -0.1) is 16.8 Å². The fourth-order valence-corrected chi connectivity index (χ4v) is 3.51. The van der Waals surface area contributed by atoms with Crippen molar-refractivity contribution in [3.63, 3.8) is 0 Å². The van der Waals surface area contributed by atoms with E-state index < -0.39 is 5.97 Å². The zero-order valence-electron chi connectivity index (χ0n) is 16.2. The van der Waals surface area contributed by atoms with Gasteiger partial charge in [0.1, 0.15) is 0 Å². The second kappa shape index (κ2) is 10.1. The molecule has 0 saturated carbocycles. The number of methoxy groups -OCH3 is 1. The van der Waals surface area contributed by atoms with Crippen LogP contribution < -0.4 is 5.32 Å². The Bertz CT molecular complexity index is 1050. The lowest BCUT2D eigenvalue weighted by atomic mass is 10.2. The van der Waals surface area contributed by atoms with Crippen molar-refractivity contribution in [1.82, 2.24) is 14.8 Å². The zero-order valence-corrected chi connectivity index (χ0v) is 17.7. The molecular formula is C21H19ClN4O3S. The number of thioether (sulfide) groups is 1. The van der Waals surface area contributed by atoms with E-state index in [0.717, 1.165) is 5.56 Å². The van der Waals surface area contributed by atoms with Gasteiger partial charge in [-0.2, -0.15) is 0 Å². The third-order valence-corrected chi connectivity index (χ3v) is 5.27. The van der Waals surface area contributed by atoms with Crippen molar-refractivity contribution in [2.45, 2.75) is 11.7 Å². The van der Waals surface area contributed by atoms with Gasteiger partial charge in [-0.3, -0.25) is 9.36 Å². The summed E-state index contributed by atoms with van der Waals surface area (Å²) in [7, 11) is 1.32. The second-order valence-corrected chi connectivity index (χ2v) is 7.50. The number of nitrogens with zero attached hydrogens (tertiary/aromatic N) is 3. The number of esters is 1. The Labute approximate surface area is 183 Å². The topological polar surface area (TPSA) is 86.1 Å². The predicted octanol–water partition coefficient (Wildman–Crippen LogP) is 4.30. The summed E-state index contributed by atoms with van der Waals surface area (Å²) in [4.78, 5) is 23.8. The summed E-state index contributed by atoms with van der Waals surface area (Å²) in [5.41, 5.74) is 1.87. The number of hydrogen-bond donors (Lipinski definition) is 1. The Hall–Kier alpha value is -3.10. The van der Waals surface area contributed by atoms with Crippen LogP contribution in [-0.4, -0.2) is 39.5 Å². The molecule has 0 saturated heterocycles. The van der Waals surface area contributed by atoms with Crippen LogP contribution in [0.2, 0.25) is 5.02 Å². The molecule has 0 bridgehead atoms. The number of halogens is 1. The summed E-state index contributed by atoms with van der Waals surface area (Å²) in [6.45, 7) is 4.29. The fraction of sp³-hybridized carbons (Fsp3) is 0.143. The standard InChI is InChI=1S/C21H19ClN4O3S/c1-3-12-26-19(14-4-8-16(22)9-5-14)24-25-21(26)30-13-18(27)23-17-10-6-15(7-11-17)20(28)29-2/h3-11H,1,12-13H2,2H3,(H,23,27). The van der Waals surface area contributed by atoms with Crippen molar-refractivity contribution in [2.24, 2.45) is 0 Å². The highest BCUT2D eigenvalue weighted by Gasteiger charge is 2.15. The predicted molar refractivity (Wildman–Crippen MR) is 118 cm³/mol. The molecule has 0 fully saturated rings. The van der Waals surface area contributed by atoms with Crippen molar-refractivity contribution in [1.29, 1.82) is 0 Å². The Morgan fingerprint density at radius 3 is 2.50 bits per heavy atom. The van der Waals surface area contributed by atoms with Gasteiger partial charge in [0.2, 0.25) is 5.91 Å². The number of amides is 1. The van der Waals surface area contributed by atoms with E-state index >= 15 is 0 Å². The number of allylic oxidation sites excluding steroid dienone is 1. The lowest BCUT2D eigenvalue weighted by molar-refractivity contribution is -0.113. The second-order valence-electron chi connectivity index (χ2n) is 6.12. The molecular weight excluding hydrogens is 424 g/mol. The van der Waals surface area contributed by atoms with Crippen LogP contribution in [0, 0.1) is 0 Å². The van der Waals surface area contributed by atoms with Gasteiger partial charge in [0, 0.05) is 22.8 Å². The van der Waals surface area contributed by atoms with Gasteiger partial charge in [0.05, 0.1) is 18.4 Å². The molecule has 0 atom stereocenters. The van der Waals surface area contributed by atoms with Crippen molar-refractivity contribution in [3.05, 3.63) is 71.8 Å². The molecule has 0 unspecified atom stereocenters. The van der Waals surface area contributed by atoms with Crippen LogP contribution in [0.4, 0.5) is 5.69 Å². The van der Waals surface area contributed by atoms with E-state index in [4.69, 9.17) is 11.6 Å². The molecule has 0 spiro atoms. The van der Waals surface area contributed by atoms with Crippen LogP contribution in [0.3, 0.4) is 0 Å². The molecule has 1 aromatic heterocycles. The summed E-state index contributed by atoms with van der Waals surface area (Å²) in [5, 5.41) is 12.5. The van der Waals surface area contributed by atoms with Gasteiger partial charge >= 0.3 is 5.97 Å². The zero-order chi connectivity index (χ0) is 21.5. The lowest BCUT2D eigenvalue weighted by Gasteiger charge is -2.08. The Morgan fingerprint density at radius 2 is 1.87 bits per heavy atom. The average Bonchev–Trinajstić information content (AvgIpc) is 3.15. The quantitative estimate of drug-likeness (QED) is 0.318. The molecule has 0 aliphatic heterocycles. The normalized spacial score (nSPS) is 10.5. The van der Waals surface area contributed by atoms with Crippen LogP contribution in [0.1, 0.15) is 10.4 Å². The molecule has 154 valence electrons. The first kappa shape index (κ1) is 21.6. The number of anilines is 1. The molecule has 0 aliphatic rings. The number of nitrogens with one attached hydrogen (secondary N) is 1. The van der Waals surface area contributed by atoms with Gasteiger partial charge in [-0.25, -0.2) is 4.79 Å². The van der Waals surface area contributed by atoms with Crippen LogP contribution in [0.5, 0.6) is 0 Å². The Kier molecular flexibility index (Phi) is 7.26. The maximum Gasteiger partial charge on any atom is 0.337 e. The largest absolute Gasteiger partial charge is 0.465 e. The minimum Gasteiger partial charge on any atom is -0.465 e. The summed E-state index contributed by atoms with van der Waals surface area (Å²) in [6, 6.07) is 13.8. The number of ether oxygens (including phenoxy) is 1. The summed E-state index contributed by atoms with van der Waals surface area (Å²) < 4.78 is 6.55. The van der Waals surface area contributed by atoms with Crippen LogP contribution in [0.15, 0.2) is 66.3 Å². The van der Waals surface area contributed by atoms with E-state index in [1.165, 1.54) is 18.9 Å². The summed E-state index contributed by atoms with van der Waals surface area (Å²) in [6.07, 6.45) is 1.75. The van der Waals surface area contributed by atoms with Crippen LogP contribution in [-0.2, 0) is 16.1 Å². The van der Waals surface area contributed by atoms with E-state index in [0.29, 0.717) is 33.8 Å². The molecule has 30 heavy (non-hydrogen) atoms. The van der Waals surface area contributed by atoms with E-state index in [9.17, 15) is 9.59 Å². The van der Waals surface area contributed by atoms with Gasteiger partial charge < -0.3 is 10.1 Å². The van der Waals surface area contributed by atoms with Crippen molar-refractivity contribution >= 4 is 40.9 Å². The molecule has 1 N–H and O–H groups in total. The van der Waals surface area contributed by atoms with E-state index in [1.807, 2.05) is 16.7 Å². The highest BCUT2D eigenvalue weighted by Crippen LogP contribution is 2.25. The molecule has 0 aliphatic carbocycles. The van der Waals surface area contributed by atoms with Crippen molar-refractivity contribution < 1.29 is 14.3 Å². The third kappa shape index (κ3) is 5.28. The summed E-state index contributed by atoms with van der Waals surface area (Å²) in [5.74, 6) is 0.190. The number of rotatable bonds is 8. The maximum absolute atomic E-state index is 12.3. The number of carbonyl (C=O) groups is 2. The first-order chi connectivity index (χ1) is 14.5. The van der Waals surface area contributed by atoms with Gasteiger partial charge in [0.25, 0.3) is 0 Å². The van der Waals surface area contributed by atoms with E-state index in [1.54, 1.807) is 42.5 Å². The molecule has 7 nitrogen and oxygen atoms in total. The highest BCUT2D eigenvalue weighted by atomic mass is 35.5. The molecule has 0 radical (unpaired) electrons. The van der Waals surface area contributed by atoms with Crippen molar-refractivity contribution in [2.75, 3.05) is 18.2 Å². The molecule has 1 heterocycles. The monoisotopic (exact) mass is 442 g/mol. The SMILES string of the molecule is C=CCn1c(SCC(=O)Nc2ccc(C(=O)OC)cc2)nnc1-c1ccc(Cl)cc1. The molecule has 9 heteroatoms. The Morgan fingerprint density at radius 1 is 1.17 bits per heavy atom. The first-order valence-corrected chi connectivity index (χ1v) is 10.3. The number of aromatic nitrogens is 3. The maximum atomic E-state index is 12.3. The molecule has 3 aromatic rings. The van der Waals surface area contributed by atoms with E-state index in [-0.39, 0.29) is 11.7 Å². The lowest BCUT2D eigenvalue weighted by Crippen LogP contribution is -2.15. The van der Waals surface area contributed by atoms with Gasteiger partial charge in [-0.1, -0.05) is 29.4 Å². The summed E-state index contributed by atoms with van der Waals surface area (Å²) >= 11 is 7.23.